The Morgan fingerprint density at radius 3 is 1.78 bits per heavy atom. The minimum atomic E-state index is 1.02. The molecule has 0 bridgehead atoms. The van der Waals surface area contributed by atoms with E-state index in [0.717, 1.165) is 9.53 Å². The van der Waals surface area contributed by atoms with Gasteiger partial charge in [-0.15, -0.1) is 0 Å². The Hall–Kier alpha value is 0.01000. The van der Waals surface area contributed by atoms with Crippen molar-refractivity contribution in [2.75, 3.05) is 0 Å². The number of hydrogen-bond donors (Lipinski definition) is 0. The lowest BCUT2D eigenvalue weighted by Crippen LogP contribution is -1.73. The van der Waals surface area contributed by atoms with Crippen molar-refractivity contribution in [3.8, 4) is 0 Å². The molecule has 50 valence electrons. The van der Waals surface area contributed by atoms with Crippen molar-refractivity contribution in [1.82, 2.24) is 0 Å². The SMILES string of the molecule is Cc1oc(I)c(C)c1C. The number of hydrogen-bond acceptors (Lipinski definition) is 1. The molecule has 1 nitrogen and oxygen atoms in total. The van der Waals surface area contributed by atoms with Gasteiger partial charge in [-0.05, 0) is 48.9 Å². The van der Waals surface area contributed by atoms with Crippen LogP contribution in [0.15, 0.2) is 4.42 Å². The van der Waals surface area contributed by atoms with Crippen molar-refractivity contribution in [3.05, 3.63) is 20.7 Å². The summed E-state index contributed by atoms with van der Waals surface area (Å²) in [5.41, 5.74) is 2.55. The summed E-state index contributed by atoms with van der Waals surface area (Å²) in [4.78, 5) is 0. The maximum atomic E-state index is 5.33. The third-order valence-corrected chi connectivity index (χ3v) is 2.66. The second kappa shape index (κ2) is 2.33. The van der Waals surface area contributed by atoms with Crippen molar-refractivity contribution in [1.29, 1.82) is 0 Å². The molecule has 1 aromatic rings. The molecule has 0 aliphatic carbocycles. The minimum Gasteiger partial charge on any atom is -0.455 e. The van der Waals surface area contributed by atoms with Gasteiger partial charge in [0.15, 0.2) is 3.77 Å². The van der Waals surface area contributed by atoms with E-state index in [-0.39, 0.29) is 0 Å². The smallest absolute Gasteiger partial charge is 0.167 e. The van der Waals surface area contributed by atoms with Crippen molar-refractivity contribution < 1.29 is 4.42 Å². The maximum Gasteiger partial charge on any atom is 0.167 e. The molecule has 0 aliphatic heterocycles. The topological polar surface area (TPSA) is 13.1 Å². The molecule has 0 atom stereocenters. The molecule has 1 heterocycles. The summed E-state index contributed by atoms with van der Waals surface area (Å²) in [5, 5.41) is 0. The van der Waals surface area contributed by atoms with Gasteiger partial charge in [0.2, 0.25) is 0 Å². The highest BCUT2D eigenvalue weighted by atomic mass is 127. The summed E-state index contributed by atoms with van der Waals surface area (Å²) in [5.74, 6) is 1.04. The molecule has 0 aromatic carbocycles. The van der Waals surface area contributed by atoms with Gasteiger partial charge in [0.25, 0.3) is 0 Å². The van der Waals surface area contributed by atoms with E-state index in [1.165, 1.54) is 11.1 Å². The van der Waals surface area contributed by atoms with E-state index in [2.05, 4.69) is 36.4 Å². The predicted molar refractivity (Wildman–Crippen MR) is 45.6 cm³/mol. The molecule has 0 saturated heterocycles. The average Bonchev–Trinajstić information content (AvgIpc) is 1.98. The molecule has 1 aromatic heterocycles. The molecule has 0 unspecified atom stereocenters. The summed E-state index contributed by atoms with van der Waals surface area (Å²) in [6, 6.07) is 0. The first-order valence-corrected chi connectivity index (χ1v) is 3.93. The molecular weight excluding hydrogens is 227 g/mol. The number of rotatable bonds is 0. The van der Waals surface area contributed by atoms with Crippen LogP contribution >= 0.6 is 22.6 Å². The zero-order valence-electron chi connectivity index (χ0n) is 5.79. The van der Waals surface area contributed by atoms with Gasteiger partial charge in [-0.2, -0.15) is 0 Å². The predicted octanol–water partition coefficient (Wildman–Crippen LogP) is 2.81. The lowest BCUT2D eigenvalue weighted by Gasteiger charge is -1.84. The summed E-state index contributed by atoms with van der Waals surface area (Å²) >= 11 is 2.20. The van der Waals surface area contributed by atoms with E-state index < -0.39 is 0 Å². The first kappa shape index (κ1) is 7.12. The first-order chi connectivity index (χ1) is 4.13. The second-order valence-corrected chi connectivity index (χ2v) is 3.16. The van der Waals surface area contributed by atoms with Crippen LogP contribution in [-0.4, -0.2) is 0 Å². The van der Waals surface area contributed by atoms with Crippen LogP contribution in [0.25, 0.3) is 0 Å². The molecule has 0 fully saturated rings. The second-order valence-electron chi connectivity index (χ2n) is 2.18. The van der Waals surface area contributed by atoms with Crippen LogP contribution in [0.5, 0.6) is 0 Å². The van der Waals surface area contributed by atoms with E-state index in [0.29, 0.717) is 0 Å². The lowest BCUT2D eigenvalue weighted by atomic mass is 10.2. The molecule has 1 rings (SSSR count). The molecule has 0 saturated carbocycles. The van der Waals surface area contributed by atoms with Gasteiger partial charge in [0.1, 0.15) is 5.76 Å². The lowest BCUT2D eigenvalue weighted by molar-refractivity contribution is 0.503. The quantitative estimate of drug-likeness (QED) is 0.631. The van der Waals surface area contributed by atoms with Crippen molar-refractivity contribution in [2.45, 2.75) is 20.8 Å². The Bertz CT molecular complexity index is 203. The molecule has 2 heteroatoms. The van der Waals surface area contributed by atoms with E-state index in [9.17, 15) is 0 Å². The van der Waals surface area contributed by atoms with E-state index in [1.54, 1.807) is 0 Å². The van der Waals surface area contributed by atoms with Crippen LogP contribution in [-0.2, 0) is 0 Å². The molecule has 0 amide bonds. The fourth-order valence-electron chi connectivity index (χ4n) is 0.699. The van der Waals surface area contributed by atoms with Gasteiger partial charge < -0.3 is 4.42 Å². The molecule has 0 spiro atoms. The van der Waals surface area contributed by atoms with Crippen LogP contribution in [0.4, 0.5) is 0 Å². The molecular formula is C7H9IO. The van der Waals surface area contributed by atoms with Crippen LogP contribution in [0.2, 0.25) is 0 Å². The van der Waals surface area contributed by atoms with Gasteiger partial charge >= 0.3 is 0 Å². The highest BCUT2D eigenvalue weighted by Crippen LogP contribution is 2.21. The normalized spacial score (nSPS) is 10.2. The summed E-state index contributed by atoms with van der Waals surface area (Å²) in [6.45, 7) is 6.15. The fraction of sp³-hybridized carbons (Fsp3) is 0.429. The Morgan fingerprint density at radius 1 is 1.11 bits per heavy atom. The largest absolute Gasteiger partial charge is 0.455 e. The van der Waals surface area contributed by atoms with Gasteiger partial charge in [-0.25, -0.2) is 0 Å². The average molecular weight is 236 g/mol. The van der Waals surface area contributed by atoms with Crippen molar-refractivity contribution >= 4 is 22.6 Å². The zero-order valence-corrected chi connectivity index (χ0v) is 7.94. The van der Waals surface area contributed by atoms with E-state index in [1.807, 2.05) is 6.92 Å². The fourth-order valence-corrected chi connectivity index (χ4v) is 1.43. The van der Waals surface area contributed by atoms with Crippen LogP contribution in [0, 0.1) is 24.5 Å². The number of aryl methyl sites for hydroxylation is 1. The van der Waals surface area contributed by atoms with E-state index >= 15 is 0 Å². The summed E-state index contributed by atoms with van der Waals surface area (Å²) in [7, 11) is 0. The molecule has 9 heavy (non-hydrogen) atoms. The number of furan rings is 1. The first-order valence-electron chi connectivity index (χ1n) is 2.85. The molecule has 0 aliphatic rings. The van der Waals surface area contributed by atoms with Gasteiger partial charge in [-0.1, -0.05) is 0 Å². The highest BCUT2D eigenvalue weighted by molar-refractivity contribution is 14.1. The zero-order chi connectivity index (χ0) is 7.02. The highest BCUT2D eigenvalue weighted by Gasteiger charge is 2.05. The van der Waals surface area contributed by atoms with Gasteiger partial charge in [0, 0.05) is 5.56 Å². The number of halogens is 1. The Kier molecular flexibility index (Phi) is 1.84. The van der Waals surface area contributed by atoms with Crippen LogP contribution in [0.3, 0.4) is 0 Å². The third kappa shape index (κ3) is 1.13. The van der Waals surface area contributed by atoms with E-state index in [4.69, 9.17) is 4.42 Å². The summed E-state index contributed by atoms with van der Waals surface area (Å²) < 4.78 is 6.35. The Morgan fingerprint density at radius 2 is 1.67 bits per heavy atom. The standard InChI is InChI=1S/C7H9IO/c1-4-5(2)7(8)9-6(4)3/h1-3H3. The third-order valence-electron chi connectivity index (χ3n) is 1.63. The van der Waals surface area contributed by atoms with Crippen molar-refractivity contribution in [2.24, 2.45) is 0 Å². The van der Waals surface area contributed by atoms with Crippen molar-refractivity contribution in [3.63, 3.8) is 0 Å². The van der Waals surface area contributed by atoms with Crippen LogP contribution < -0.4 is 0 Å². The van der Waals surface area contributed by atoms with Gasteiger partial charge in [0.05, 0.1) is 0 Å². The maximum absolute atomic E-state index is 5.33. The molecule has 0 N–H and O–H groups in total. The molecule has 0 radical (unpaired) electrons. The Balaban J connectivity index is 3.29. The van der Waals surface area contributed by atoms with Gasteiger partial charge in [-0.3, -0.25) is 0 Å². The Labute approximate surface area is 68.6 Å². The minimum absolute atomic E-state index is 1.02. The van der Waals surface area contributed by atoms with Crippen LogP contribution in [0.1, 0.15) is 16.9 Å². The monoisotopic (exact) mass is 236 g/mol. The summed E-state index contributed by atoms with van der Waals surface area (Å²) in [6.07, 6.45) is 0.